The van der Waals surface area contributed by atoms with E-state index in [9.17, 15) is 4.79 Å². The number of primary amides is 1. The van der Waals surface area contributed by atoms with Crippen LogP contribution in [0.3, 0.4) is 0 Å². The van der Waals surface area contributed by atoms with Crippen LogP contribution in [0.4, 0.5) is 4.79 Å². The van der Waals surface area contributed by atoms with E-state index in [1.165, 1.54) is 4.57 Å². The number of nitrogens with zero attached hydrogens (tertiary/aromatic N) is 2. The molecule has 4 nitrogen and oxygen atoms in total. The molecule has 4 heteroatoms. The largest absolute Gasteiger partial charge is 0.351 e. The van der Waals surface area contributed by atoms with Crippen LogP contribution in [0.2, 0.25) is 0 Å². The second kappa shape index (κ2) is 4.00. The van der Waals surface area contributed by atoms with Gasteiger partial charge in [-0.3, -0.25) is 0 Å². The normalized spacial score (nSPS) is 10.7. The standard InChI is InChI=1S/C14H10N3O/c15-14(18)17-12-9-5-4-8-11(12)16-13(17)10-6-2-1-3-7-10/h1-3,5-9H,(H2,15,18). The third kappa shape index (κ3) is 1.55. The van der Waals surface area contributed by atoms with E-state index in [0.717, 1.165) is 5.56 Å². The molecule has 0 aliphatic carbocycles. The number of benzene rings is 2. The molecule has 0 saturated carbocycles. The molecule has 18 heavy (non-hydrogen) atoms. The second-order valence-corrected chi connectivity index (χ2v) is 3.89. The van der Waals surface area contributed by atoms with Crippen molar-refractivity contribution in [2.75, 3.05) is 0 Å². The predicted octanol–water partition coefficient (Wildman–Crippen LogP) is 2.43. The first kappa shape index (κ1) is 10.5. The molecule has 3 rings (SSSR count). The molecule has 87 valence electrons. The van der Waals surface area contributed by atoms with Crippen molar-refractivity contribution in [3.63, 3.8) is 0 Å². The molecule has 0 atom stereocenters. The van der Waals surface area contributed by atoms with E-state index in [0.29, 0.717) is 16.9 Å². The third-order valence-electron chi connectivity index (χ3n) is 2.75. The van der Waals surface area contributed by atoms with E-state index in [1.54, 1.807) is 18.2 Å². The van der Waals surface area contributed by atoms with Crippen molar-refractivity contribution in [3.05, 3.63) is 54.6 Å². The first-order valence-corrected chi connectivity index (χ1v) is 5.51. The fourth-order valence-corrected chi connectivity index (χ4v) is 1.97. The lowest BCUT2D eigenvalue weighted by Gasteiger charge is -2.03. The first-order chi connectivity index (χ1) is 8.77. The van der Waals surface area contributed by atoms with Crippen molar-refractivity contribution in [2.24, 2.45) is 5.73 Å². The van der Waals surface area contributed by atoms with Gasteiger partial charge in [0.25, 0.3) is 0 Å². The summed E-state index contributed by atoms with van der Waals surface area (Å²) < 4.78 is 1.42. The maximum Gasteiger partial charge on any atom is 0.325 e. The minimum absolute atomic E-state index is 0.539. The molecule has 0 aliphatic rings. The summed E-state index contributed by atoms with van der Waals surface area (Å²) in [5, 5.41) is 0. The average molecular weight is 236 g/mol. The van der Waals surface area contributed by atoms with Crippen molar-refractivity contribution in [1.29, 1.82) is 0 Å². The number of carbonyl (C=O) groups excluding carboxylic acids is 1. The van der Waals surface area contributed by atoms with Gasteiger partial charge in [-0.2, -0.15) is 0 Å². The van der Waals surface area contributed by atoms with E-state index >= 15 is 0 Å². The average Bonchev–Trinajstić information content (AvgIpc) is 2.79. The van der Waals surface area contributed by atoms with Gasteiger partial charge >= 0.3 is 6.03 Å². The highest BCUT2D eigenvalue weighted by molar-refractivity contribution is 5.93. The molecule has 0 fully saturated rings. The molecule has 2 aromatic carbocycles. The number of hydrogen-bond acceptors (Lipinski definition) is 2. The topological polar surface area (TPSA) is 60.9 Å². The summed E-state index contributed by atoms with van der Waals surface area (Å²) in [4.78, 5) is 16.0. The number of fused-ring (bicyclic) bond motifs is 1. The van der Waals surface area contributed by atoms with Gasteiger partial charge in [-0.25, -0.2) is 14.3 Å². The summed E-state index contributed by atoms with van der Waals surface area (Å²) in [6.07, 6.45) is 0. The maximum absolute atomic E-state index is 11.6. The van der Waals surface area contributed by atoms with Gasteiger partial charge in [0.2, 0.25) is 0 Å². The number of imidazole rings is 1. The van der Waals surface area contributed by atoms with Gasteiger partial charge in [-0.15, -0.1) is 0 Å². The molecule has 0 saturated heterocycles. The van der Waals surface area contributed by atoms with Crippen LogP contribution in [-0.2, 0) is 0 Å². The third-order valence-corrected chi connectivity index (χ3v) is 2.75. The summed E-state index contributed by atoms with van der Waals surface area (Å²) in [5.41, 5.74) is 7.69. The Balaban J connectivity index is 2.36. The number of amides is 1. The van der Waals surface area contributed by atoms with Gasteiger partial charge in [-0.1, -0.05) is 36.4 Å². The Morgan fingerprint density at radius 3 is 2.72 bits per heavy atom. The Labute approximate surface area is 104 Å². The van der Waals surface area contributed by atoms with E-state index in [2.05, 4.69) is 11.1 Å². The fraction of sp³-hybridized carbons (Fsp3) is 0. The van der Waals surface area contributed by atoms with Crippen molar-refractivity contribution in [1.82, 2.24) is 9.55 Å². The van der Waals surface area contributed by atoms with Crippen LogP contribution in [0.25, 0.3) is 22.4 Å². The number of hydrogen-bond donors (Lipinski definition) is 1. The Kier molecular flexibility index (Phi) is 2.34. The lowest BCUT2D eigenvalue weighted by molar-refractivity contribution is 0.251. The van der Waals surface area contributed by atoms with Gasteiger partial charge in [0.1, 0.15) is 5.82 Å². The van der Waals surface area contributed by atoms with Gasteiger partial charge in [0.15, 0.2) is 0 Å². The first-order valence-electron chi connectivity index (χ1n) is 5.51. The second-order valence-electron chi connectivity index (χ2n) is 3.89. The molecule has 0 aliphatic heterocycles. The van der Waals surface area contributed by atoms with Gasteiger partial charge < -0.3 is 5.73 Å². The van der Waals surface area contributed by atoms with Crippen LogP contribution in [0.15, 0.2) is 48.5 Å². The number of rotatable bonds is 1. The van der Waals surface area contributed by atoms with Crippen molar-refractivity contribution in [2.45, 2.75) is 0 Å². The van der Waals surface area contributed by atoms with Gasteiger partial charge in [0, 0.05) is 5.56 Å². The van der Waals surface area contributed by atoms with Crippen LogP contribution in [-0.4, -0.2) is 15.6 Å². The summed E-state index contributed by atoms with van der Waals surface area (Å²) in [5.74, 6) is 0.553. The van der Waals surface area contributed by atoms with Crippen LogP contribution in [0.1, 0.15) is 0 Å². The lowest BCUT2D eigenvalue weighted by Crippen LogP contribution is -2.20. The van der Waals surface area contributed by atoms with Crippen molar-refractivity contribution < 1.29 is 4.79 Å². The van der Waals surface area contributed by atoms with E-state index in [1.807, 2.05) is 30.3 Å². The van der Waals surface area contributed by atoms with Gasteiger partial charge in [-0.05, 0) is 18.2 Å². The predicted molar refractivity (Wildman–Crippen MR) is 69.0 cm³/mol. The molecule has 0 unspecified atom stereocenters. The van der Waals surface area contributed by atoms with E-state index < -0.39 is 6.03 Å². The summed E-state index contributed by atoms with van der Waals surface area (Å²) >= 11 is 0. The summed E-state index contributed by atoms with van der Waals surface area (Å²) in [6, 6.07) is 17.1. The Morgan fingerprint density at radius 2 is 2.00 bits per heavy atom. The quantitative estimate of drug-likeness (QED) is 0.705. The van der Waals surface area contributed by atoms with Crippen molar-refractivity contribution >= 4 is 17.1 Å². The van der Waals surface area contributed by atoms with Gasteiger partial charge in [0.05, 0.1) is 11.0 Å². The molecule has 1 amide bonds. The minimum Gasteiger partial charge on any atom is -0.351 e. The van der Waals surface area contributed by atoms with Crippen LogP contribution in [0.5, 0.6) is 0 Å². The van der Waals surface area contributed by atoms with Crippen LogP contribution < -0.4 is 5.73 Å². The summed E-state index contributed by atoms with van der Waals surface area (Å²) in [6.45, 7) is 0. The minimum atomic E-state index is -0.539. The molecule has 2 N–H and O–H groups in total. The highest BCUT2D eigenvalue weighted by atomic mass is 16.2. The molecule has 0 spiro atoms. The van der Waals surface area contributed by atoms with Crippen LogP contribution in [0, 0.1) is 6.07 Å². The number of carbonyl (C=O) groups is 1. The fourth-order valence-electron chi connectivity index (χ4n) is 1.97. The molecule has 0 bridgehead atoms. The molecule has 1 aromatic heterocycles. The lowest BCUT2D eigenvalue weighted by atomic mass is 10.2. The Bertz CT molecular complexity index is 716. The zero-order valence-electron chi connectivity index (χ0n) is 9.50. The van der Waals surface area contributed by atoms with E-state index in [4.69, 9.17) is 5.73 Å². The van der Waals surface area contributed by atoms with Crippen LogP contribution >= 0.6 is 0 Å². The molecule has 3 aromatic rings. The Hall–Kier alpha value is -2.62. The number of aromatic nitrogens is 2. The zero-order valence-corrected chi connectivity index (χ0v) is 9.50. The zero-order chi connectivity index (χ0) is 12.5. The maximum atomic E-state index is 11.6. The molecular weight excluding hydrogens is 226 g/mol. The monoisotopic (exact) mass is 236 g/mol. The molecular formula is C14H10N3O. The SMILES string of the molecule is NC(=O)n1c(-c2ccccc2)nc2c[c]ccc21. The molecule has 1 radical (unpaired) electrons. The number of nitrogens with two attached hydrogens (primary N) is 1. The van der Waals surface area contributed by atoms with E-state index in [-0.39, 0.29) is 0 Å². The highest BCUT2D eigenvalue weighted by Gasteiger charge is 2.15. The summed E-state index contributed by atoms with van der Waals surface area (Å²) in [7, 11) is 0. The molecule has 1 heterocycles. The Morgan fingerprint density at radius 1 is 1.22 bits per heavy atom. The highest BCUT2D eigenvalue weighted by Crippen LogP contribution is 2.23. The van der Waals surface area contributed by atoms with Crippen molar-refractivity contribution in [3.8, 4) is 11.4 Å². The smallest absolute Gasteiger partial charge is 0.325 e.